The molecule has 1 aromatic carbocycles. The molecule has 1 atom stereocenters. The summed E-state index contributed by atoms with van der Waals surface area (Å²) in [4.78, 5) is 20.9. The van der Waals surface area contributed by atoms with Crippen LogP contribution in [0.2, 0.25) is 5.02 Å². The number of carboxylic acids is 1. The zero-order valence-corrected chi connectivity index (χ0v) is 10.1. The molecular weight excluding hydrogens is 260 g/mol. The van der Waals surface area contributed by atoms with Crippen molar-refractivity contribution in [3.05, 3.63) is 32.8 Å². The maximum atomic E-state index is 11.0. The molecule has 2 N–H and O–H groups in total. The van der Waals surface area contributed by atoms with Crippen LogP contribution in [-0.4, -0.2) is 22.0 Å². The Morgan fingerprint density at radius 1 is 1.67 bits per heavy atom. The van der Waals surface area contributed by atoms with Crippen molar-refractivity contribution in [2.75, 3.05) is 5.32 Å². The number of nitrogens with zero attached hydrogens (tertiary/aromatic N) is 1. The number of carbonyl (C=O) groups is 1. The first-order valence-electron chi connectivity index (χ1n) is 4.80. The summed E-state index contributed by atoms with van der Waals surface area (Å²) in [5.41, 5.74) is -0.618. The molecule has 0 saturated carbocycles. The number of hydrogen-bond donors (Lipinski definition) is 2. The predicted molar refractivity (Wildman–Crippen MR) is 67.0 cm³/mol. The van der Waals surface area contributed by atoms with E-state index in [9.17, 15) is 14.9 Å². The van der Waals surface area contributed by atoms with Crippen LogP contribution in [0.3, 0.4) is 0 Å². The van der Waals surface area contributed by atoms with Crippen molar-refractivity contribution in [2.24, 2.45) is 0 Å². The molecule has 0 radical (unpaired) electrons. The number of benzene rings is 1. The van der Waals surface area contributed by atoms with Crippen LogP contribution < -0.4 is 5.32 Å². The molecule has 0 bridgehead atoms. The standard InChI is InChI=1S/C11H9ClN2O4/c1-3-6(2)13-10-8(11(15)16)4-7(14(17)18)5-9(10)12/h1,4-6,13H,2H3,(H,15,16). The van der Waals surface area contributed by atoms with Gasteiger partial charge in [0.05, 0.1) is 27.2 Å². The van der Waals surface area contributed by atoms with E-state index in [-0.39, 0.29) is 16.3 Å². The lowest BCUT2D eigenvalue weighted by molar-refractivity contribution is -0.384. The third kappa shape index (κ3) is 2.90. The Morgan fingerprint density at radius 3 is 2.72 bits per heavy atom. The van der Waals surface area contributed by atoms with Crippen LogP contribution in [0.25, 0.3) is 0 Å². The molecule has 0 amide bonds. The number of anilines is 1. The number of carboxylic acid groups (broad SMARTS) is 1. The van der Waals surface area contributed by atoms with Gasteiger partial charge in [-0.1, -0.05) is 17.5 Å². The normalized spacial score (nSPS) is 11.4. The molecule has 1 unspecified atom stereocenters. The summed E-state index contributed by atoms with van der Waals surface area (Å²) >= 11 is 5.82. The molecule has 1 aromatic rings. The predicted octanol–water partition coefficient (Wildman–Crippen LogP) is 2.38. The second-order valence-electron chi connectivity index (χ2n) is 3.45. The summed E-state index contributed by atoms with van der Waals surface area (Å²) < 4.78 is 0. The molecule has 94 valence electrons. The Bertz CT molecular complexity index is 551. The first-order valence-corrected chi connectivity index (χ1v) is 5.18. The fraction of sp³-hybridized carbons (Fsp3) is 0.182. The van der Waals surface area contributed by atoms with Crippen molar-refractivity contribution in [1.29, 1.82) is 0 Å². The lowest BCUT2D eigenvalue weighted by Gasteiger charge is -2.13. The number of nitrogens with one attached hydrogen (secondary N) is 1. The highest BCUT2D eigenvalue weighted by Gasteiger charge is 2.20. The van der Waals surface area contributed by atoms with Crippen molar-refractivity contribution in [1.82, 2.24) is 0 Å². The van der Waals surface area contributed by atoms with Gasteiger partial charge < -0.3 is 10.4 Å². The molecule has 6 nitrogen and oxygen atoms in total. The van der Waals surface area contributed by atoms with Gasteiger partial charge in [0.15, 0.2) is 0 Å². The molecule has 0 aliphatic heterocycles. The van der Waals surface area contributed by atoms with Gasteiger partial charge in [0.2, 0.25) is 0 Å². The number of rotatable bonds is 4. The molecule has 0 aliphatic rings. The molecule has 7 heteroatoms. The number of nitro groups is 1. The van der Waals surface area contributed by atoms with Crippen LogP contribution in [0, 0.1) is 22.5 Å². The topological polar surface area (TPSA) is 92.5 Å². The van der Waals surface area contributed by atoms with Gasteiger partial charge in [0.25, 0.3) is 5.69 Å². The van der Waals surface area contributed by atoms with Crippen LogP contribution in [0.15, 0.2) is 12.1 Å². The van der Waals surface area contributed by atoms with Crippen LogP contribution in [-0.2, 0) is 0 Å². The largest absolute Gasteiger partial charge is 0.478 e. The summed E-state index contributed by atoms with van der Waals surface area (Å²) in [6.07, 6.45) is 5.16. The first kappa shape index (κ1) is 13.8. The summed E-state index contributed by atoms with van der Waals surface area (Å²) in [7, 11) is 0. The van der Waals surface area contributed by atoms with E-state index in [0.717, 1.165) is 12.1 Å². The highest BCUT2D eigenvalue weighted by atomic mass is 35.5. The van der Waals surface area contributed by atoms with Gasteiger partial charge in [-0.25, -0.2) is 4.79 Å². The molecule has 0 aromatic heterocycles. The van der Waals surface area contributed by atoms with Gasteiger partial charge >= 0.3 is 5.97 Å². The molecule has 0 heterocycles. The number of aromatic carboxylic acids is 1. The minimum Gasteiger partial charge on any atom is -0.478 e. The molecule has 0 fully saturated rings. The number of hydrogen-bond acceptors (Lipinski definition) is 4. The van der Waals surface area contributed by atoms with Crippen molar-refractivity contribution in [3.8, 4) is 12.3 Å². The third-order valence-electron chi connectivity index (χ3n) is 2.13. The summed E-state index contributed by atoms with van der Waals surface area (Å²) in [6.45, 7) is 1.63. The van der Waals surface area contributed by atoms with Gasteiger partial charge in [-0.2, -0.15) is 0 Å². The molecule has 18 heavy (non-hydrogen) atoms. The minimum atomic E-state index is -1.33. The quantitative estimate of drug-likeness (QED) is 0.497. The second-order valence-corrected chi connectivity index (χ2v) is 3.85. The van der Waals surface area contributed by atoms with Gasteiger partial charge in [-0.3, -0.25) is 10.1 Å². The Hall–Kier alpha value is -2.26. The van der Waals surface area contributed by atoms with E-state index in [1.165, 1.54) is 0 Å². The van der Waals surface area contributed by atoms with Crippen LogP contribution in [0.4, 0.5) is 11.4 Å². The SMILES string of the molecule is C#CC(C)Nc1c(Cl)cc([N+](=O)[O-])cc1C(=O)O. The van der Waals surface area contributed by atoms with E-state index in [1.54, 1.807) is 6.92 Å². The Morgan fingerprint density at radius 2 is 2.28 bits per heavy atom. The number of terminal acetylenes is 1. The van der Waals surface area contributed by atoms with Crippen molar-refractivity contribution in [2.45, 2.75) is 13.0 Å². The Labute approximate surface area is 108 Å². The van der Waals surface area contributed by atoms with E-state index in [0.29, 0.717) is 0 Å². The number of non-ortho nitro benzene ring substituents is 1. The summed E-state index contributed by atoms with van der Waals surface area (Å²) in [5, 5.41) is 22.3. The van der Waals surface area contributed by atoms with Crippen LogP contribution in [0.1, 0.15) is 17.3 Å². The molecule has 0 saturated heterocycles. The fourth-order valence-corrected chi connectivity index (χ4v) is 1.54. The fourth-order valence-electron chi connectivity index (χ4n) is 1.27. The second kappa shape index (κ2) is 5.38. The van der Waals surface area contributed by atoms with E-state index in [1.807, 2.05) is 0 Å². The highest BCUT2D eigenvalue weighted by molar-refractivity contribution is 6.34. The third-order valence-corrected chi connectivity index (χ3v) is 2.43. The first-order chi connectivity index (χ1) is 8.36. The van der Waals surface area contributed by atoms with Crippen LogP contribution in [0.5, 0.6) is 0 Å². The van der Waals surface area contributed by atoms with Crippen molar-refractivity contribution < 1.29 is 14.8 Å². The van der Waals surface area contributed by atoms with E-state index >= 15 is 0 Å². The van der Waals surface area contributed by atoms with Crippen molar-refractivity contribution in [3.63, 3.8) is 0 Å². The monoisotopic (exact) mass is 268 g/mol. The maximum Gasteiger partial charge on any atom is 0.338 e. The highest BCUT2D eigenvalue weighted by Crippen LogP contribution is 2.31. The minimum absolute atomic E-state index is 0.0660. The lowest BCUT2D eigenvalue weighted by Crippen LogP contribution is -2.16. The zero-order chi connectivity index (χ0) is 13.9. The summed E-state index contributed by atoms with van der Waals surface area (Å²) in [6, 6.07) is 1.54. The maximum absolute atomic E-state index is 11.0. The van der Waals surface area contributed by atoms with Gasteiger partial charge in [-0.05, 0) is 6.92 Å². The van der Waals surface area contributed by atoms with E-state index in [4.69, 9.17) is 23.1 Å². The van der Waals surface area contributed by atoms with E-state index < -0.39 is 22.6 Å². The van der Waals surface area contributed by atoms with Gasteiger partial charge in [0.1, 0.15) is 0 Å². The average Bonchev–Trinajstić information content (AvgIpc) is 2.30. The molecule has 0 aliphatic carbocycles. The van der Waals surface area contributed by atoms with Crippen LogP contribution >= 0.6 is 11.6 Å². The molecule has 1 rings (SSSR count). The van der Waals surface area contributed by atoms with E-state index in [2.05, 4.69) is 11.2 Å². The Balaban J connectivity index is 3.37. The smallest absolute Gasteiger partial charge is 0.338 e. The lowest BCUT2D eigenvalue weighted by atomic mass is 10.1. The molecule has 0 spiro atoms. The zero-order valence-electron chi connectivity index (χ0n) is 9.31. The Kier molecular flexibility index (Phi) is 4.13. The average molecular weight is 269 g/mol. The van der Waals surface area contributed by atoms with Gasteiger partial charge in [0, 0.05) is 12.1 Å². The number of nitro benzene ring substituents is 1. The van der Waals surface area contributed by atoms with Gasteiger partial charge in [-0.15, -0.1) is 6.42 Å². The summed E-state index contributed by atoms with van der Waals surface area (Å²) in [5.74, 6) is 1.02. The number of halogens is 1. The molecular formula is C11H9ClN2O4. The van der Waals surface area contributed by atoms with Crippen molar-refractivity contribution >= 4 is 28.9 Å².